The van der Waals surface area contributed by atoms with Crippen LogP contribution in [0.4, 0.5) is 4.79 Å². The topological polar surface area (TPSA) is 42.4 Å². The van der Waals surface area contributed by atoms with Gasteiger partial charge in [-0.3, -0.25) is 0 Å². The van der Waals surface area contributed by atoms with Gasteiger partial charge in [0.05, 0.1) is 6.04 Å². The summed E-state index contributed by atoms with van der Waals surface area (Å²) >= 11 is 1.64. The molecule has 1 aliphatic rings. The van der Waals surface area contributed by atoms with Gasteiger partial charge in [-0.1, -0.05) is 66.4 Å². The summed E-state index contributed by atoms with van der Waals surface area (Å²) in [7, 11) is 0. The molecule has 0 spiro atoms. The van der Waals surface area contributed by atoms with Crippen LogP contribution in [0.1, 0.15) is 36.4 Å². The van der Waals surface area contributed by atoms with Crippen LogP contribution in [0.5, 0.6) is 0 Å². The number of hydrogen-bond acceptors (Lipinski definition) is 4. The Morgan fingerprint density at radius 3 is 2.55 bits per heavy atom. The first-order valence-corrected chi connectivity index (χ1v) is 10.8. The van der Waals surface area contributed by atoms with Gasteiger partial charge in [0.25, 0.3) is 0 Å². The van der Waals surface area contributed by atoms with Crippen molar-refractivity contribution in [2.75, 3.05) is 6.54 Å². The number of nitrogens with zero attached hydrogens (tertiary/aromatic N) is 2. The lowest BCUT2D eigenvalue weighted by Crippen LogP contribution is -2.39. The van der Waals surface area contributed by atoms with Crippen LogP contribution in [-0.4, -0.2) is 22.5 Å². The number of pyridine rings is 1. The molecular weight excluding hydrogens is 380 g/mol. The van der Waals surface area contributed by atoms with Crippen LogP contribution in [0.3, 0.4) is 0 Å². The standard InChI is InChI=1S/C24H24N2O2S/c27-24(28-18-19-10-3-1-4-11-19)26-17-8-7-15-22(26)21-14-9-16-25-23(21)29-20-12-5-2-6-13-20/h1-6,9-14,16,22H,7-8,15,17-18H2. The van der Waals surface area contributed by atoms with Gasteiger partial charge in [-0.2, -0.15) is 0 Å². The van der Waals surface area contributed by atoms with Crippen molar-refractivity contribution in [2.45, 2.75) is 41.8 Å². The third-order valence-electron chi connectivity index (χ3n) is 5.06. The van der Waals surface area contributed by atoms with Crippen molar-refractivity contribution in [3.63, 3.8) is 0 Å². The molecule has 1 aliphatic heterocycles. The predicted octanol–water partition coefficient (Wildman–Crippen LogP) is 6.10. The highest BCUT2D eigenvalue weighted by Crippen LogP contribution is 2.38. The summed E-state index contributed by atoms with van der Waals surface area (Å²) in [6.07, 6.45) is 4.58. The van der Waals surface area contributed by atoms with Crippen LogP contribution in [0.25, 0.3) is 0 Å². The molecule has 1 atom stereocenters. The number of aromatic nitrogens is 1. The summed E-state index contributed by atoms with van der Waals surface area (Å²) in [4.78, 5) is 20.5. The van der Waals surface area contributed by atoms with Crippen molar-refractivity contribution < 1.29 is 9.53 Å². The number of benzene rings is 2. The maximum atomic E-state index is 12.9. The smallest absolute Gasteiger partial charge is 0.410 e. The fourth-order valence-corrected chi connectivity index (χ4v) is 4.57. The van der Waals surface area contributed by atoms with E-state index in [1.807, 2.05) is 65.7 Å². The fourth-order valence-electron chi connectivity index (χ4n) is 3.62. The van der Waals surface area contributed by atoms with E-state index >= 15 is 0 Å². The average molecular weight is 405 g/mol. The van der Waals surface area contributed by atoms with Crippen molar-refractivity contribution in [2.24, 2.45) is 0 Å². The van der Waals surface area contributed by atoms with Crippen molar-refractivity contribution in [1.82, 2.24) is 9.88 Å². The molecule has 0 N–H and O–H groups in total. The highest BCUT2D eigenvalue weighted by molar-refractivity contribution is 7.99. The Hall–Kier alpha value is -2.79. The molecule has 5 heteroatoms. The first-order chi connectivity index (χ1) is 14.3. The van der Waals surface area contributed by atoms with Gasteiger partial charge >= 0.3 is 6.09 Å². The zero-order valence-corrected chi connectivity index (χ0v) is 17.1. The molecule has 0 radical (unpaired) electrons. The molecule has 1 amide bonds. The lowest BCUT2D eigenvalue weighted by atomic mass is 9.97. The van der Waals surface area contributed by atoms with E-state index in [9.17, 15) is 4.79 Å². The second kappa shape index (κ2) is 9.61. The number of piperidine rings is 1. The molecule has 29 heavy (non-hydrogen) atoms. The van der Waals surface area contributed by atoms with E-state index in [0.717, 1.165) is 40.3 Å². The summed E-state index contributed by atoms with van der Waals surface area (Å²) in [6.45, 7) is 1.00. The Morgan fingerprint density at radius 1 is 1.00 bits per heavy atom. The summed E-state index contributed by atoms with van der Waals surface area (Å²) in [6, 6.07) is 24.1. The highest BCUT2D eigenvalue weighted by atomic mass is 32.2. The molecular formula is C24H24N2O2S. The number of hydrogen-bond donors (Lipinski definition) is 0. The van der Waals surface area contributed by atoms with Crippen molar-refractivity contribution >= 4 is 17.9 Å². The molecule has 0 bridgehead atoms. The number of amides is 1. The van der Waals surface area contributed by atoms with Crippen LogP contribution in [-0.2, 0) is 11.3 Å². The number of carbonyl (C=O) groups excluding carboxylic acids is 1. The Morgan fingerprint density at radius 2 is 1.76 bits per heavy atom. The zero-order valence-electron chi connectivity index (χ0n) is 16.2. The summed E-state index contributed by atoms with van der Waals surface area (Å²) in [5.41, 5.74) is 2.09. The molecule has 1 saturated heterocycles. The minimum absolute atomic E-state index is 0.00747. The highest BCUT2D eigenvalue weighted by Gasteiger charge is 2.31. The molecule has 148 valence electrons. The molecule has 2 aromatic carbocycles. The van der Waals surface area contributed by atoms with Crippen LogP contribution < -0.4 is 0 Å². The van der Waals surface area contributed by atoms with E-state index in [0.29, 0.717) is 13.2 Å². The van der Waals surface area contributed by atoms with Gasteiger partial charge in [-0.05, 0) is 43.0 Å². The second-order valence-electron chi connectivity index (χ2n) is 7.06. The summed E-state index contributed by atoms with van der Waals surface area (Å²) in [5, 5.41) is 0.950. The second-order valence-corrected chi connectivity index (χ2v) is 8.12. The Balaban J connectivity index is 1.52. The molecule has 1 fully saturated rings. The van der Waals surface area contributed by atoms with Crippen molar-refractivity contribution in [3.05, 3.63) is 90.1 Å². The lowest BCUT2D eigenvalue weighted by Gasteiger charge is -2.35. The molecule has 3 aromatic rings. The van der Waals surface area contributed by atoms with Gasteiger partial charge in [-0.15, -0.1) is 0 Å². The first kappa shape index (κ1) is 19.5. The molecule has 1 unspecified atom stereocenters. The molecule has 1 aromatic heterocycles. The maximum absolute atomic E-state index is 12.9. The van der Waals surface area contributed by atoms with Crippen LogP contribution >= 0.6 is 11.8 Å². The predicted molar refractivity (Wildman–Crippen MR) is 115 cm³/mol. The third-order valence-corrected chi connectivity index (χ3v) is 6.10. The van der Waals surface area contributed by atoms with E-state index in [-0.39, 0.29) is 12.1 Å². The molecule has 4 nitrogen and oxygen atoms in total. The number of likely N-dealkylation sites (tertiary alicyclic amines) is 1. The first-order valence-electron chi connectivity index (χ1n) is 9.96. The Labute approximate surface area is 175 Å². The van der Waals surface area contributed by atoms with Crippen LogP contribution in [0.15, 0.2) is 88.9 Å². The van der Waals surface area contributed by atoms with Gasteiger partial charge in [0, 0.05) is 23.2 Å². The van der Waals surface area contributed by atoms with Crippen LogP contribution in [0, 0.1) is 0 Å². The van der Waals surface area contributed by atoms with Gasteiger partial charge in [-0.25, -0.2) is 9.78 Å². The quantitative estimate of drug-likeness (QED) is 0.515. The van der Waals surface area contributed by atoms with Gasteiger partial charge in [0.1, 0.15) is 11.6 Å². The van der Waals surface area contributed by atoms with Crippen molar-refractivity contribution in [1.29, 1.82) is 0 Å². The van der Waals surface area contributed by atoms with Gasteiger partial charge in [0.15, 0.2) is 0 Å². The summed E-state index contributed by atoms with van der Waals surface area (Å²) in [5.74, 6) is 0. The van der Waals surface area contributed by atoms with Gasteiger partial charge < -0.3 is 9.64 Å². The SMILES string of the molecule is O=C(OCc1ccccc1)N1CCCCC1c1cccnc1Sc1ccccc1. The minimum Gasteiger partial charge on any atom is -0.445 e. The van der Waals surface area contributed by atoms with E-state index < -0.39 is 0 Å². The normalized spacial score (nSPS) is 16.4. The van der Waals surface area contributed by atoms with E-state index in [1.54, 1.807) is 11.8 Å². The minimum atomic E-state index is -0.252. The average Bonchev–Trinajstić information content (AvgIpc) is 2.79. The maximum Gasteiger partial charge on any atom is 0.410 e. The number of ether oxygens (including phenoxy) is 1. The Bertz CT molecular complexity index is 934. The third kappa shape index (κ3) is 4.98. The van der Waals surface area contributed by atoms with E-state index in [4.69, 9.17) is 4.74 Å². The summed E-state index contributed by atoms with van der Waals surface area (Å²) < 4.78 is 5.64. The molecule has 0 saturated carbocycles. The van der Waals surface area contributed by atoms with Crippen molar-refractivity contribution in [3.8, 4) is 0 Å². The van der Waals surface area contributed by atoms with E-state index in [2.05, 4.69) is 23.2 Å². The van der Waals surface area contributed by atoms with Gasteiger partial charge in [0.2, 0.25) is 0 Å². The number of carbonyl (C=O) groups is 1. The van der Waals surface area contributed by atoms with E-state index in [1.165, 1.54) is 0 Å². The zero-order chi connectivity index (χ0) is 19.9. The number of rotatable bonds is 5. The Kier molecular flexibility index (Phi) is 6.47. The lowest BCUT2D eigenvalue weighted by molar-refractivity contribution is 0.0672. The monoisotopic (exact) mass is 404 g/mol. The fraction of sp³-hybridized carbons (Fsp3) is 0.250. The molecule has 2 heterocycles. The van der Waals surface area contributed by atoms with Crippen LogP contribution in [0.2, 0.25) is 0 Å². The molecule has 0 aliphatic carbocycles. The molecule has 4 rings (SSSR count). The largest absolute Gasteiger partial charge is 0.445 e.